The Morgan fingerprint density at radius 3 is 2.54 bits per heavy atom. The van der Waals surface area contributed by atoms with Crippen molar-refractivity contribution in [3.05, 3.63) is 70.0 Å². The fourth-order valence-corrected chi connectivity index (χ4v) is 6.48. The zero-order valence-electron chi connectivity index (χ0n) is 20.3. The fraction of sp³-hybridized carbons (Fsp3) is 0.414. The zero-order valence-corrected chi connectivity index (χ0v) is 21.9. The van der Waals surface area contributed by atoms with Crippen molar-refractivity contribution >= 4 is 28.8 Å². The van der Waals surface area contributed by atoms with Crippen LogP contribution < -0.4 is 0 Å². The van der Waals surface area contributed by atoms with Crippen molar-refractivity contribution in [2.75, 3.05) is 0 Å². The molecule has 0 aliphatic heterocycles. The van der Waals surface area contributed by atoms with Gasteiger partial charge < -0.3 is 13.7 Å². The number of aromatic nitrogens is 4. The number of imidazole rings is 1. The summed E-state index contributed by atoms with van der Waals surface area (Å²) in [4.78, 5) is 8.40. The highest BCUT2D eigenvalue weighted by Crippen LogP contribution is 2.54. The van der Waals surface area contributed by atoms with Gasteiger partial charge in [-0.3, -0.25) is 4.98 Å². The number of nitrogens with zero attached hydrogens (tertiary/aromatic N) is 4. The number of halogens is 2. The minimum atomic E-state index is -0.125. The van der Waals surface area contributed by atoms with Crippen LogP contribution in [0.2, 0.25) is 10.0 Å². The standard InChI is InChI=1S/C29H26Cl2N4O2/c30-22-15-32-16-23(31)25(22)26-21(27(37-34-26)20-2-3-20)18-36-29-10-7-28(8-11-29,9-12-29)6-5-19-1-4-24-33-13-14-35(24)17-19/h1,4,13-17,20H,2-3,7-12,18H2. The number of ether oxygens (including phenoxy) is 1. The first-order chi connectivity index (χ1) is 18.0. The number of pyridine rings is 2. The lowest BCUT2D eigenvalue weighted by molar-refractivity contribution is -0.131. The summed E-state index contributed by atoms with van der Waals surface area (Å²) in [6.07, 6.45) is 17.4. The van der Waals surface area contributed by atoms with Gasteiger partial charge in [-0.2, -0.15) is 0 Å². The monoisotopic (exact) mass is 532 g/mol. The number of fused-ring (bicyclic) bond motifs is 4. The molecule has 4 fully saturated rings. The molecule has 4 aliphatic carbocycles. The molecule has 37 heavy (non-hydrogen) atoms. The molecule has 2 bridgehead atoms. The summed E-state index contributed by atoms with van der Waals surface area (Å²) in [5.41, 5.74) is 4.24. The van der Waals surface area contributed by atoms with Gasteiger partial charge in [-0.1, -0.05) is 40.2 Å². The lowest BCUT2D eigenvalue weighted by atomic mass is 9.59. The van der Waals surface area contributed by atoms with Crippen LogP contribution in [0.1, 0.15) is 74.2 Å². The molecule has 0 unspecified atom stereocenters. The Hall–Kier alpha value is -2.85. The van der Waals surface area contributed by atoms with Crippen LogP contribution in [-0.4, -0.2) is 25.1 Å². The van der Waals surface area contributed by atoms with Crippen LogP contribution in [0.4, 0.5) is 0 Å². The maximum Gasteiger partial charge on any atom is 0.145 e. The largest absolute Gasteiger partial charge is 0.370 e. The molecule has 4 saturated carbocycles. The quantitative estimate of drug-likeness (QED) is 0.253. The normalized spacial score (nSPS) is 24.8. The van der Waals surface area contributed by atoms with E-state index >= 15 is 0 Å². The SMILES string of the molecule is Clc1cncc(Cl)c1-c1noc(C2CC2)c1COC12CCC(C#Cc3ccc4nccn4c3)(CC1)CC2. The lowest BCUT2D eigenvalue weighted by Gasteiger charge is -2.51. The van der Waals surface area contributed by atoms with E-state index in [0.717, 1.165) is 73.9 Å². The summed E-state index contributed by atoms with van der Waals surface area (Å²) in [6.45, 7) is 0.448. The second kappa shape index (κ2) is 8.87. The topological polar surface area (TPSA) is 65.5 Å². The van der Waals surface area contributed by atoms with Crippen LogP contribution in [-0.2, 0) is 11.3 Å². The predicted octanol–water partition coefficient (Wildman–Crippen LogP) is 7.23. The van der Waals surface area contributed by atoms with Crippen molar-refractivity contribution in [1.29, 1.82) is 0 Å². The van der Waals surface area contributed by atoms with Gasteiger partial charge in [0.2, 0.25) is 0 Å². The van der Waals surface area contributed by atoms with Crippen LogP contribution in [0.15, 0.2) is 47.6 Å². The number of rotatable bonds is 5. The third-order valence-corrected chi connectivity index (χ3v) is 8.99. The molecule has 6 nitrogen and oxygen atoms in total. The Bertz CT molecular complexity index is 1510. The van der Waals surface area contributed by atoms with Crippen LogP contribution in [0.5, 0.6) is 0 Å². The van der Waals surface area contributed by atoms with E-state index in [4.69, 9.17) is 32.5 Å². The Labute approximate surface area is 225 Å². The van der Waals surface area contributed by atoms with Gasteiger partial charge >= 0.3 is 0 Å². The molecule has 4 aromatic rings. The third kappa shape index (κ3) is 4.24. The van der Waals surface area contributed by atoms with Crippen molar-refractivity contribution in [3.63, 3.8) is 0 Å². The van der Waals surface area contributed by atoms with Gasteiger partial charge in [-0.15, -0.1) is 0 Å². The first-order valence-electron chi connectivity index (χ1n) is 12.9. The molecule has 0 aromatic carbocycles. The average molecular weight is 533 g/mol. The summed E-state index contributed by atoms with van der Waals surface area (Å²) >= 11 is 13.0. The summed E-state index contributed by atoms with van der Waals surface area (Å²) < 4.78 is 14.6. The van der Waals surface area contributed by atoms with Crippen LogP contribution in [0.25, 0.3) is 16.9 Å². The molecule has 0 atom stereocenters. The van der Waals surface area contributed by atoms with Crippen LogP contribution >= 0.6 is 23.2 Å². The van der Waals surface area contributed by atoms with E-state index in [1.165, 1.54) is 0 Å². The molecular weight excluding hydrogens is 507 g/mol. The highest BCUT2D eigenvalue weighted by molar-refractivity contribution is 6.38. The first-order valence-corrected chi connectivity index (χ1v) is 13.7. The summed E-state index contributed by atoms with van der Waals surface area (Å²) in [5.74, 6) is 8.43. The van der Waals surface area contributed by atoms with E-state index in [1.54, 1.807) is 12.4 Å². The molecular formula is C29H26Cl2N4O2. The summed E-state index contributed by atoms with van der Waals surface area (Å²) in [7, 11) is 0. The first kappa shape index (κ1) is 23.3. The third-order valence-electron chi connectivity index (χ3n) is 8.42. The second-order valence-corrected chi connectivity index (χ2v) is 11.6. The number of hydrogen-bond acceptors (Lipinski definition) is 5. The Morgan fingerprint density at radius 1 is 1.05 bits per heavy atom. The zero-order chi connectivity index (χ0) is 25.0. The second-order valence-electron chi connectivity index (χ2n) is 10.7. The van der Waals surface area contributed by atoms with E-state index < -0.39 is 0 Å². The van der Waals surface area contributed by atoms with Crippen molar-refractivity contribution in [3.8, 4) is 23.1 Å². The minimum absolute atomic E-state index is 0.0780. The fourth-order valence-electron chi connectivity index (χ4n) is 5.94. The summed E-state index contributed by atoms with van der Waals surface area (Å²) in [5, 5.41) is 5.33. The average Bonchev–Trinajstić information content (AvgIpc) is 3.51. The van der Waals surface area contributed by atoms with Gasteiger partial charge in [0.25, 0.3) is 0 Å². The van der Waals surface area contributed by atoms with E-state index in [2.05, 4.69) is 39.2 Å². The molecule has 0 N–H and O–H groups in total. The predicted molar refractivity (Wildman–Crippen MR) is 141 cm³/mol. The molecule has 0 saturated heterocycles. The molecule has 8 heteroatoms. The van der Waals surface area contributed by atoms with Crippen molar-refractivity contribution in [1.82, 2.24) is 19.5 Å². The molecule has 0 radical (unpaired) electrons. The highest BCUT2D eigenvalue weighted by atomic mass is 35.5. The molecule has 8 rings (SSSR count). The van der Waals surface area contributed by atoms with Gasteiger partial charge in [-0.05, 0) is 63.5 Å². The van der Waals surface area contributed by atoms with Crippen molar-refractivity contribution in [2.45, 2.75) is 69.5 Å². The van der Waals surface area contributed by atoms with Gasteiger partial charge in [0.15, 0.2) is 0 Å². The molecule has 188 valence electrons. The molecule has 0 spiro atoms. The van der Waals surface area contributed by atoms with Crippen molar-refractivity contribution in [2.24, 2.45) is 5.41 Å². The van der Waals surface area contributed by atoms with Gasteiger partial charge in [0.1, 0.15) is 17.1 Å². The lowest BCUT2D eigenvalue weighted by Crippen LogP contribution is -2.47. The van der Waals surface area contributed by atoms with Crippen molar-refractivity contribution < 1.29 is 9.26 Å². The molecule has 0 amide bonds. The molecule has 4 aromatic heterocycles. The minimum Gasteiger partial charge on any atom is -0.370 e. The maximum atomic E-state index is 6.75. The van der Waals surface area contributed by atoms with E-state index in [-0.39, 0.29) is 11.0 Å². The smallest absolute Gasteiger partial charge is 0.145 e. The highest BCUT2D eigenvalue weighted by Gasteiger charge is 2.49. The van der Waals surface area contributed by atoms with Gasteiger partial charge in [-0.25, -0.2) is 4.98 Å². The Balaban J connectivity index is 1.09. The Morgan fingerprint density at radius 2 is 1.81 bits per heavy atom. The van der Waals surface area contributed by atoms with E-state index in [1.807, 2.05) is 22.9 Å². The number of hydrogen-bond donors (Lipinski definition) is 0. The van der Waals surface area contributed by atoms with Crippen LogP contribution in [0, 0.1) is 17.3 Å². The molecule has 4 aliphatic rings. The summed E-state index contributed by atoms with van der Waals surface area (Å²) in [6, 6.07) is 4.07. The van der Waals surface area contributed by atoms with Gasteiger partial charge in [0.05, 0.1) is 22.3 Å². The van der Waals surface area contributed by atoms with E-state index in [9.17, 15) is 0 Å². The molecule has 4 heterocycles. The Kier molecular flexibility index (Phi) is 5.58. The van der Waals surface area contributed by atoms with Gasteiger partial charge in [0, 0.05) is 59.0 Å². The maximum absolute atomic E-state index is 6.75. The van der Waals surface area contributed by atoms with Crippen LogP contribution in [0.3, 0.4) is 0 Å². The van der Waals surface area contributed by atoms with E-state index in [0.29, 0.717) is 33.8 Å².